The summed E-state index contributed by atoms with van der Waals surface area (Å²) in [5.41, 5.74) is 1.55. The summed E-state index contributed by atoms with van der Waals surface area (Å²) < 4.78 is 7.65. The first-order valence-electron chi connectivity index (χ1n) is 8.38. The number of hydrogen-bond acceptors (Lipinski definition) is 3. The van der Waals surface area contributed by atoms with Crippen LogP contribution in [-0.4, -0.2) is 33.4 Å². The molecule has 5 heteroatoms. The van der Waals surface area contributed by atoms with Gasteiger partial charge in [-0.3, -0.25) is 4.79 Å². The van der Waals surface area contributed by atoms with E-state index < -0.39 is 0 Å². The van der Waals surface area contributed by atoms with Gasteiger partial charge in [0.1, 0.15) is 17.2 Å². The number of furan rings is 1. The van der Waals surface area contributed by atoms with E-state index >= 15 is 0 Å². The quantitative estimate of drug-likeness (QED) is 0.725. The maximum absolute atomic E-state index is 12.9. The largest absolute Gasteiger partial charge is 0.461 e. The van der Waals surface area contributed by atoms with Gasteiger partial charge in [-0.25, -0.2) is 4.98 Å². The van der Waals surface area contributed by atoms with Gasteiger partial charge in [-0.15, -0.1) is 0 Å². The van der Waals surface area contributed by atoms with Gasteiger partial charge in [0.2, 0.25) is 0 Å². The molecule has 1 amide bonds. The van der Waals surface area contributed by atoms with Crippen molar-refractivity contribution in [3.05, 3.63) is 53.8 Å². The zero-order valence-electron chi connectivity index (χ0n) is 14.0. The zero-order chi connectivity index (χ0) is 16.7. The summed E-state index contributed by atoms with van der Waals surface area (Å²) in [6, 6.07) is 7.64. The zero-order valence-corrected chi connectivity index (χ0v) is 14.0. The minimum atomic E-state index is 0.0923. The molecule has 0 radical (unpaired) electrons. The minimum absolute atomic E-state index is 0.0923. The number of hydrogen-bond donors (Lipinski definition) is 0. The number of fused-ring (bicyclic) bond motifs is 1. The predicted octanol–water partition coefficient (Wildman–Crippen LogP) is 3.49. The van der Waals surface area contributed by atoms with E-state index in [2.05, 4.69) is 9.55 Å². The molecule has 1 saturated heterocycles. The summed E-state index contributed by atoms with van der Waals surface area (Å²) in [5, 5.41) is 0.982. The van der Waals surface area contributed by atoms with Gasteiger partial charge in [0.15, 0.2) is 0 Å². The Morgan fingerprint density at radius 1 is 1.33 bits per heavy atom. The van der Waals surface area contributed by atoms with Crippen LogP contribution in [0.2, 0.25) is 0 Å². The SMILES string of the molecule is Cc1cc2cc(C(=O)N3CCCC(c4nccn4C)C3)ccc2o1. The van der Waals surface area contributed by atoms with E-state index in [0.717, 1.165) is 54.0 Å². The molecule has 4 rings (SSSR count). The molecule has 0 spiro atoms. The molecule has 1 atom stereocenters. The minimum Gasteiger partial charge on any atom is -0.461 e. The third-order valence-electron chi connectivity index (χ3n) is 4.82. The number of carbonyl (C=O) groups is 1. The normalized spacial score (nSPS) is 18.2. The molecule has 24 heavy (non-hydrogen) atoms. The van der Waals surface area contributed by atoms with Crippen LogP contribution in [0.25, 0.3) is 11.0 Å². The van der Waals surface area contributed by atoms with E-state index in [1.807, 2.05) is 55.5 Å². The molecule has 0 saturated carbocycles. The molecular weight excluding hydrogens is 302 g/mol. The maximum Gasteiger partial charge on any atom is 0.253 e. The van der Waals surface area contributed by atoms with E-state index in [1.54, 1.807) is 0 Å². The lowest BCUT2D eigenvalue weighted by Crippen LogP contribution is -2.39. The highest BCUT2D eigenvalue weighted by Gasteiger charge is 2.27. The van der Waals surface area contributed by atoms with Crippen LogP contribution in [0.1, 0.15) is 40.7 Å². The fourth-order valence-electron chi connectivity index (χ4n) is 3.63. The first-order valence-corrected chi connectivity index (χ1v) is 8.38. The molecule has 5 nitrogen and oxygen atoms in total. The molecule has 0 N–H and O–H groups in total. The number of imidazole rings is 1. The average molecular weight is 323 g/mol. The van der Waals surface area contributed by atoms with Gasteiger partial charge in [-0.1, -0.05) is 0 Å². The second kappa shape index (κ2) is 5.82. The van der Waals surface area contributed by atoms with Crippen LogP contribution in [0.5, 0.6) is 0 Å². The fourth-order valence-corrected chi connectivity index (χ4v) is 3.63. The third-order valence-corrected chi connectivity index (χ3v) is 4.82. The highest BCUT2D eigenvalue weighted by Crippen LogP contribution is 2.27. The number of rotatable bonds is 2. The Labute approximate surface area is 140 Å². The van der Waals surface area contributed by atoms with Crippen molar-refractivity contribution in [2.45, 2.75) is 25.7 Å². The second-order valence-corrected chi connectivity index (χ2v) is 6.60. The van der Waals surface area contributed by atoms with Crippen molar-refractivity contribution >= 4 is 16.9 Å². The van der Waals surface area contributed by atoms with Crippen molar-refractivity contribution in [1.82, 2.24) is 14.5 Å². The van der Waals surface area contributed by atoms with Crippen LogP contribution in [0.15, 0.2) is 41.1 Å². The molecule has 0 bridgehead atoms. The molecule has 1 aliphatic rings. The van der Waals surface area contributed by atoms with Gasteiger partial charge >= 0.3 is 0 Å². The van der Waals surface area contributed by atoms with Gasteiger partial charge in [-0.2, -0.15) is 0 Å². The molecule has 3 heterocycles. The van der Waals surface area contributed by atoms with Crippen molar-refractivity contribution in [3.8, 4) is 0 Å². The highest BCUT2D eigenvalue weighted by molar-refractivity contribution is 5.98. The number of aryl methyl sites for hydroxylation is 2. The van der Waals surface area contributed by atoms with Crippen LogP contribution < -0.4 is 0 Å². The van der Waals surface area contributed by atoms with Crippen molar-refractivity contribution in [1.29, 1.82) is 0 Å². The van der Waals surface area contributed by atoms with Gasteiger partial charge in [-0.05, 0) is 44.0 Å². The number of aromatic nitrogens is 2. The molecule has 1 aromatic carbocycles. The Kier molecular flexibility index (Phi) is 3.63. The summed E-state index contributed by atoms with van der Waals surface area (Å²) in [6.07, 6.45) is 5.88. The maximum atomic E-state index is 12.9. The number of carbonyl (C=O) groups excluding carboxylic acids is 1. The Morgan fingerprint density at radius 3 is 3.00 bits per heavy atom. The van der Waals surface area contributed by atoms with Crippen LogP contribution >= 0.6 is 0 Å². The molecule has 1 fully saturated rings. The topological polar surface area (TPSA) is 51.3 Å². The molecule has 1 unspecified atom stereocenters. The summed E-state index contributed by atoms with van der Waals surface area (Å²) in [7, 11) is 2.01. The molecule has 0 aliphatic carbocycles. The number of amides is 1. The van der Waals surface area contributed by atoms with Gasteiger partial charge in [0.25, 0.3) is 5.91 Å². The van der Waals surface area contributed by atoms with Crippen molar-refractivity contribution in [2.24, 2.45) is 7.05 Å². The standard InChI is InChI=1S/C19H21N3O2/c1-13-10-16-11-14(5-6-17(16)24-13)19(23)22-8-3-4-15(12-22)18-20-7-9-21(18)2/h5-7,9-11,15H,3-4,8,12H2,1-2H3. The monoisotopic (exact) mass is 323 g/mol. The lowest BCUT2D eigenvalue weighted by molar-refractivity contribution is 0.0703. The van der Waals surface area contributed by atoms with Crippen LogP contribution in [0.3, 0.4) is 0 Å². The lowest BCUT2D eigenvalue weighted by atomic mass is 9.96. The Balaban J connectivity index is 1.57. The van der Waals surface area contributed by atoms with E-state index in [9.17, 15) is 4.79 Å². The highest BCUT2D eigenvalue weighted by atomic mass is 16.3. The van der Waals surface area contributed by atoms with E-state index in [4.69, 9.17) is 4.42 Å². The summed E-state index contributed by atoms with van der Waals surface area (Å²) in [4.78, 5) is 19.3. The van der Waals surface area contributed by atoms with Crippen LogP contribution in [-0.2, 0) is 7.05 Å². The van der Waals surface area contributed by atoms with Crippen molar-refractivity contribution in [3.63, 3.8) is 0 Å². The number of likely N-dealkylation sites (tertiary alicyclic amines) is 1. The molecule has 124 valence electrons. The van der Waals surface area contributed by atoms with Crippen molar-refractivity contribution in [2.75, 3.05) is 13.1 Å². The van der Waals surface area contributed by atoms with Gasteiger partial charge < -0.3 is 13.9 Å². The lowest BCUT2D eigenvalue weighted by Gasteiger charge is -2.32. The average Bonchev–Trinajstić information content (AvgIpc) is 3.18. The van der Waals surface area contributed by atoms with Crippen LogP contribution in [0, 0.1) is 6.92 Å². The van der Waals surface area contributed by atoms with Crippen molar-refractivity contribution < 1.29 is 9.21 Å². The second-order valence-electron chi connectivity index (χ2n) is 6.60. The first-order chi connectivity index (χ1) is 11.6. The first kappa shape index (κ1) is 15.0. The van der Waals surface area contributed by atoms with Crippen LogP contribution in [0.4, 0.5) is 0 Å². The summed E-state index contributed by atoms with van der Waals surface area (Å²) in [5.74, 6) is 2.33. The molecular formula is C19H21N3O2. The Morgan fingerprint density at radius 2 is 2.21 bits per heavy atom. The predicted molar refractivity (Wildman–Crippen MR) is 92.0 cm³/mol. The van der Waals surface area contributed by atoms with E-state index in [0.29, 0.717) is 5.92 Å². The van der Waals surface area contributed by atoms with Gasteiger partial charge in [0.05, 0.1) is 0 Å². The molecule has 2 aromatic heterocycles. The fraction of sp³-hybridized carbons (Fsp3) is 0.368. The summed E-state index contributed by atoms with van der Waals surface area (Å²) >= 11 is 0. The van der Waals surface area contributed by atoms with E-state index in [1.165, 1.54) is 0 Å². The summed E-state index contributed by atoms with van der Waals surface area (Å²) in [6.45, 7) is 3.46. The number of benzene rings is 1. The Hall–Kier alpha value is -2.56. The smallest absolute Gasteiger partial charge is 0.253 e. The number of nitrogens with zero attached hydrogens (tertiary/aromatic N) is 3. The van der Waals surface area contributed by atoms with Gasteiger partial charge in [0, 0.05) is 49.4 Å². The number of piperidine rings is 1. The molecule has 3 aromatic rings. The third kappa shape index (κ3) is 2.60. The molecule has 1 aliphatic heterocycles. The Bertz CT molecular complexity index is 893. The van der Waals surface area contributed by atoms with E-state index in [-0.39, 0.29) is 5.91 Å².